The van der Waals surface area contributed by atoms with E-state index in [4.69, 9.17) is 0 Å². The predicted octanol–water partition coefficient (Wildman–Crippen LogP) is 3.11. The number of hydrogen-bond donors (Lipinski definition) is 1. The van der Waals surface area contributed by atoms with Gasteiger partial charge in [-0.25, -0.2) is 15.0 Å². The van der Waals surface area contributed by atoms with Crippen LogP contribution in [0.3, 0.4) is 0 Å². The predicted molar refractivity (Wildman–Crippen MR) is 86.7 cm³/mol. The van der Waals surface area contributed by atoms with Crippen LogP contribution in [0.15, 0.2) is 43.0 Å². The number of aromatic nitrogens is 4. The molecule has 2 heterocycles. The molecule has 5 heteroatoms. The van der Waals surface area contributed by atoms with E-state index in [9.17, 15) is 0 Å². The van der Waals surface area contributed by atoms with Gasteiger partial charge in [0.05, 0.1) is 6.33 Å². The van der Waals surface area contributed by atoms with Crippen LogP contribution in [0, 0.1) is 0 Å². The van der Waals surface area contributed by atoms with Gasteiger partial charge in [-0.1, -0.05) is 36.8 Å². The second-order valence-electron chi connectivity index (χ2n) is 5.95. The molecule has 22 heavy (non-hydrogen) atoms. The Morgan fingerprint density at radius 2 is 1.95 bits per heavy atom. The molecule has 0 amide bonds. The number of nitrogens with one attached hydrogen (secondary N) is 1. The summed E-state index contributed by atoms with van der Waals surface area (Å²) >= 11 is 0. The SMILES string of the molecule is Cn1cnc2ncnc(N[C@H]3CCC[C@H]3c3ccccc3)c21. The van der Waals surface area contributed by atoms with E-state index in [1.807, 2.05) is 11.6 Å². The summed E-state index contributed by atoms with van der Waals surface area (Å²) in [5.41, 5.74) is 3.13. The van der Waals surface area contributed by atoms with Crippen LogP contribution in [0.4, 0.5) is 5.82 Å². The van der Waals surface area contributed by atoms with Crippen LogP contribution >= 0.6 is 0 Å². The molecule has 0 bridgehead atoms. The molecule has 0 unspecified atom stereocenters. The number of anilines is 1. The molecule has 0 saturated heterocycles. The lowest BCUT2D eigenvalue weighted by Crippen LogP contribution is -2.23. The minimum atomic E-state index is 0.412. The first-order chi connectivity index (χ1) is 10.8. The first-order valence-corrected chi connectivity index (χ1v) is 7.76. The van der Waals surface area contributed by atoms with Crippen molar-refractivity contribution in [3.8, 4) is 0 Å². The van der Waals surface area contributed by atoms with Gasteiger partial charge in [0, 0.05) is 19.0 Å². The van der Waals surface area contributed by atoms with E-state index >= 15 is 0 Å². The van der Waals surface area contributed by atoms with Crippen molar-refractivity contribution in [1.82, 2.24) is 19.5 Å². The number of aryl methyl sites for hydroxylation is 1. The zero-order valence-electron chi connectivity index (χ0n) is 12.6. The van der Waals surface area contributed by atoms with Gasteiger partial charge >= 0.3 is 0 Å². The van der Waals surface area contributed by atoms with Crippen molar-refractivity contribution in [2.24, 2.45) is 7.05 Å². The van der Waals surface area contributed by atoms with E-state index in [-0.39, 0.29) is 0 Å². The average Bonchev–Trinajstić information content (AvgIpc) is 3.16. The van der Waals surface area contributed by atoms with Crippen LogP contribution in [0.25, 0.3) is 11.2 Å². The molecule has 1 saturated carbocycles. The Bertz CT molecular complexity index is 780. The smallest absolute Gasteiger partial charge is 0.182 e. The van der Waals surface area contributed by atoms with E-state index < -0.39 is 0 Å². The monoisotopic (exact) mass is 293 g/mol. The van der Waals surface area contributed by atoms with Crippen LogP contribution in [0.2, 0.25) is 0 Å². The van der Waals surface area contributed by atoms with Gasteiger partial charge in [0.2, 0.25) is 0 Å². The van der Waals surface area contributed by atoms with Crippen molar-refractivity contribution < 1.29 is 0 Å². The summed E-state index contributed by atoms with van der Waals surface area (Å²) in [5, 5.41) is 3.65. The first-order valence-electron chi connectivity index (χ1n) is 7.76. The standard InChI is InChI=1S/C17H19N5/c1-22-11-20-16-15(22)17(19-10-18-16)21-14-9-5-8-13(14)12-6-3-2-4-7-12/h2-4,6-7,10-11,13-14H,5,8-9H2,1H3,(H,18,19,21)/t13-,14-/m0/s1. The fraction of sp³-hybridized carbons (Fsp3) is 0.353. The third-order valence-corrected chi connectivity index (χ3v) is 4.57. The topological polar surface area (TPSA) is 55.6 Å². The molecule has 1 aromatic carbocycles. The average molecular weight is 293 g/mol. The highest BCUT2D eigenvalue weighted by Crippen LogP contribution is 2.36. The third kappa shape index (κ3) is 2.22. The van der Waals surface area contributed by atoms with Gasteiger partial charge in [-0.3, -0.25) is 0 Å². The van der Waals surface area contributed by atoms with Crippen molar-refractivity contribution in [2.75, 3.05) is 5.32 Å². The van der Waals surface area contributed by atoms with Crippen molar-refractivity contribution >= 4 is 17.0 Å². The molecule has 2 atom stereocenters. The molecular weight excluding hydrogens is 274 g/mol. The first kappa shape index (κ1) is 13.2. The zero-order chi connectivity index (χ0) is 14.9. The fourth-order valence-electron chi connectivity index (χ4n) is 3.50. The second-order valence-corrected chi connectivity index (χ2v) is 5.95. The fourth-order valence-corrected chi connectivity index (χ4v) is 3.50. The van der Waals surface area contributed by atoms with Crippen LogP contribution in [-0.4, -0.2) is 25.6 Å². The minimum absolute atomic E-state index is 0.412. The van der Waals surface area contributed by atoms with Crippen LogP contribution < -0.4 is 5.32 Å². The second kappa shape index (κ2) is 5.40. The number of nitrogens with zero attached hydrogens (tertiary/aromatic N) is 4. The third-order valence-electron chi connectivity index (χ3n) is 4.57. The highest BCUT2D eigenvalue weighted by atomic mass is 15.1. The van der Waals surface area contributed by atoms with E-state index in [0.717, 1.165) is 17.0 Å². The van der Waals surface area contributed by atoms with E-state index in [0.29, 0.717) is 12.0 Å². The lowest BCUT2D eigenvalue weighted by atomic mass is 9.94. The summed E-state index contributed by atoms with van der Waals surface area (Å²) in [4.78, 5) is 13.0. The van der Waals surface area contributed by atoms with E-state index in [1.54, 1.807) is 12.7 Å². The van der Waals surface area contributed by atoms with Gasteiger partial charge in [-0.2, -0.15) is 0 Å². The molecule has 112 valence electrons. The number of hydrogen-bond acceptors (Lipinski definition) is 4. The summed E-state index contributed by atoms with van der Waals surface area (Å²) in [6, 6.07) is 11.2. The summed E-state index contributed by atoms with van der Waals surface area (Å²) < 4.78 is 1.98. The molecule has 3 aromatic rings. The Hall–Kier alpha value is -2.43. The molecule has 0 aliphatic heterocycles. The van der Waals surface area contributed by atoms with Crippen molar-refractivity contribution in [3.63, 3.8) is 0 Å². The number of fused-ring (bicyclic) bond motifs is 1. The van der Waals surface area contributed by atoms with Crippen molar-refractivity contribution in [3.05, 3.63) is 48.5 Å². The minimum Gasteiger partial charge on any atom is -0.365 e. The molecule has 5 nitrogen and oxygen atoms in total. The summed E-state index contributed by atoms with van der Waals surface area (Å²) in [6.07, 6.45) is 7.01. The number of imidazole rings is 1. The maximum atomic E-state index is 4.45. The normalized spacial score (nSPS) is 21.3. The van der Waals surface area contributed by atoms with Gasteiger partial charge in [0.15, 0.2) is 11.5 Å². The molecule has 1 aliphatic rings. The Kier molecular flexibility index (Phi) is 3.25. The summed E-state index contributed by atoms with van der Waals surface area (Å²) in [6.45, 7) is 0. The van der Waals surface area contributed by atoms with Gasteiger partial charge in [0.25, 0.3) is 0 Å². The Labute approximate surface area is 129 Å². The van der Waals surface area contributed by atoms with E-state index in [2.05, 4.69) is 50.6 Å². The molecule has 0 radical (unpaired) electrons. The maximum Gasteiger partial charge on any atom is 0.182 e. The highest BCUT2D eigenvalue weighted by Gasteiger charge is 2.29. The van der Waals surface area contributed by atoms with Crippen LogP contribution in [-0.2, 0) is 7.05 Å². The molecule has 0 spiro atoms. The number of benzene rings is 1. The highest BCUT2D eigenvalue weighted by molar-refractivity contribution is 5.83. The molecule has 1 N–H and O–H groups in total. The quantitative estimate of drug-likeness (QED) is 0.806. The molecule has 2 aromatic heterocycles. The van der Waals surface area contributed by atoms with Crippen molar-refractivity contribution in [1.29, 1.82) is 0 Å². The van der Waals surface area contributed by atoms with Gasteiger partial charge in [-0.05, 0) is 18.4 Å². The molecule has 1 fully saturated rings. The summed E-state index contributed by atoms with van der Waals surface area (Å²) in [5.74, 6) is 1.43. The molecule has 4 rings (SSSR count). The largest absolute Gasteiger partial charge is 0.365 e. The molecular formula is C17H19N5. The molecule has 1 aliphatic carbocycles. The Morgan fingerprint density at radius 3 is 2.82 bits per heavy atom. The van der Waals surface area contributed by atoms with Gasteiger partial charge in [-0.15, -0.1) is 0 Å². The van der Waals surface area contributed by atoms with Crippen LogP contribution in [0.5, 0.6) is 0 Å². The van der Waals surface area contributed by atoms with Gasteiger partial charge < -0.3 is 9.88 Å². The van der Waals surface area contributed by atoms with Crippen LogP contribution in [0.1, 0.15) is 30.7 Å². The lowest BCUT2D eigenvalue weighted by Gasteiger charge is -2.22. The Balaban J connectivity index is 1.66. The number of rotatable bonds is 3. The Morgan fingerprint density at radius 1 is 1.09 bits per heavy atom. The zero-order valence-corrected chi connectivity index (χ0v) is 12.6. The maximum absolute atomic E-state index is 4.45. The van der Waals surface area contributed by atoms with E-state index in [1.165, 1.54) is 24.8 Å². The van der Waals surface area contributed by atoms with Crippen molar-refractivity contribution in [2.45, 2.75) is 31.2 Å². The summed E-state index contributed by atoms with van der Waals surface area (Å²) in [7, 11) is 1.98. The lowest BCUT2D eigenvalue weighted by molar-refractivity contribution is 0.648. The van der Waals surface area contributed by atoms with Gasteiger partial charge in [0.1, 0.15) is 11.8 Å².